The molecular weight excluding hydrogens is 289 g/mol. The molecule has 0 aliphatic rings. The smallest absolute Gasteiger partial charge is 0.346 e. The molecule has 1 heterocycles. The number of thiophene rings is 1. The molecule has 5 heteroatoms. The van der Waals surface area contributed by atoms with Crippen LogP contribution < -0.4 is 5.32 Å². The highest BCUT2D eigenvalue weighted by Gasteiger charge is 2.20. The molecule has 2 N–H and O–H groups in total. The van der Waals surface area contributed by atoms with E-state index in [1.54, 1.807) is 12.1 Å². The number of halogens is 1. The van der Waals surface area contributed by atoms with Gasteiger partial charge in [-0.15, -0.1) is 11.3 Å². The number of carbonyl (C=O) groups is 1. The summed E-state index contributed by atoms with van der Waals surface area (Å²) < 4.78 is 14.7. The van der Waals surface area contributed by atoms with Gasteiger partial charge in [-0.25, -0.2) is 9.18 Å². The second kappa shape index (κ2) is 7.00. The molecule has 2 rings (SSSR count). The van der Waals surface area contributed by atoms with Crippen molar-refractivity contribution in [1.29, 1.82) is 0 Å². The second-order valence-electron chi connectivity index (χ2n) is 5.14. The molecule has 0 radical (unpaired) electrons. The van der Waals surface area contributed by atoms with Crippen molar-refractivity contribution in [2.75, 3.05) is 6.54 Å². The Bertz CT molecular complexity index is 634. The van der Waals surface area contributed by atoms with Gasteiger partial charge >= 0.3 is 5.97 Å². The Labute approximate surface area is 127 Å². The summed E-state index contributed by atoms with van der Waals surface area (Å²) in [5, 5.41) is 13.0. The van der Waals surface area contributed by atoms with E-state index >= 15 is 0 Å². The molecule has 1 aromatic carbocycles. The summed E-state index contributed by atoms with van der Waals surface area (Å²) in [7, 11) is 0. The third kappa shape index (κ3) is 3.41. The lowest BCUT2D eigenvalue weighted by Gasteiger charge is -2.13. The maximum atomic E-state index is 14.0. The van der Waals surface area contributed by atoms with Gasteiger partial charge in [0.1, 0.15) is 10.7 Å². The number of fused-ring (bicyclic) bond motifs is 1. The quantitative estimate of drug-likeness (QED) is 0.803. The van der Waals surface area contributed by atoms with Crippen LogP contribution in [0.25, 0.3) is 10.1 Å². The molecule has 3 nitrogen and oxygen atoms in total. The molecule has 0 saturated carbocycles. The van der Waals surface area contributed by atoms with Gasteiger partial charge in [0.15, 0.2) is 0 Å². The Morgan fingerprint density at radius 2 is 2.10 bits per heavy atom. The topological polar surface area (TPSA) is 49.3 Å². The van der Waals surface area contributed by atoms with Crippen LogP contribution in [-0.4, -0.2) is 17.6 Å². The van der Waals surface area contributed by atoms with E-state index in [-0.39, 0.29) is 10.7 Å². The Kier molecular flexibility index (Phi) is 5.31. The molecule has 0 bridgehead atoms. The van der Waals surface area contributed by atoms with Crippen molar-refractivity contribution in [3.63, 3.8) is 0 Å². The summed E-state index contributed by atoms with van der Waals surface area (Å²) in [5.74, 6) is -0.779. The van der Waals surface area contributed by atoms with Crippen LogP contribution in [0, 0.1) is 11.7 Å². The first-order valence-electron chi connectivity index (χ1n) is 7.22. The number of hydrogen-bond donors (Lipinski definition) is 2. The van der Waals surface area contributed by atoms with Crippen molar-refractivity contribution in [2.45, 2.75) is 33.2 Å². The minimum absolute atomic E-state index is 0.229. The third-order valence-corrected chi connectivity index (χ3v) is 5.03. The van der Waals surface area contributed by atoms with Gasteiger partial charge in [0.25, 0.3) is 0 Å². The zero-order valence-electron chi connectivity index (χ0n) is 12.3. The molecule has 0 atom stereocenters. The number of carboxylic acids is 1. The first-order valence-corrected chi connectivity index (χ1v) is 8.04. The summed E-state index contributed by atoms with van der Waals surface area (Å²) in [4.78, 5) is 11.6. The maximum Gasteiger partial charge on any atom is 0.346 e. The molecule has 1 aromatic heterocycles. The van der Waals surface area contributed by atoms with Gasteiger partial charge in [-0.1, -0.05) is 32.8 Å². The molecule has 0 spiro atoms. The van der Waals surface area contributed by atoms with E-state index < -0.39 is 5.97 Å². The van der Waals surface area contributed by atoms with Crippen molar-refractivity contribution in [3.05, 3.63) is 34.5 Å². The summed E-state index contributed by atoms with van der Waals surface area (Å²) in [6.07, 6.45) is 2.15. The second-order valence-corrected chi connectivity index (χ2v) is 6.19. The molecule has 2 aromatic rings. The number of carboxylic acid groups (broad SMARTS) is 1. The SMILES string of the molecule is CCC(CC)CNCc1c(C(=O)O)sc2cccc(F)c12. The summed E-state index contributed by atoms with van der Waals surface area (Å²) in [6, 6.07) is 4.76. The van der Waals surface area contributed by atoms with Crippen LogP contribution in [0.4, 0.5) is 4.39 Å². The molecule has 0 aliphatic heterocycles. The van der Waals surface area contributed by atoms with E-state index in [0.717, 1.165) is 30.7 Å². The first-order chi connectivity index (χ1) is 10.1. The largest absolute Gasteiger partial charge is 0.477 e. The summed E-state index contributed by atoms with van der Waals surface area (Å²) >= 11 is 1.14. The highest BCUT2D eigenvalue weighted by atomic mass is 32.1. The van der Waals surface area contributed by atoms with Crippen LogP contribution in [-0.2, 0) is 6.54 Å². The third-order valence-electron chi connectivity index (χ3n) is 3.85. The lowest BCUT2D eigenvalue weighted by Crippen LogP contribution is -2.22. The fraction of sp³-hybridized carbons (Fsp3) is 0.438. The van der Waals surface area contributed by atoms with Crippen LogP contribution in [0.3, 0.4) is 0 Å². The maximum absolute atomic E-state index is 14.0. The Morgan fingerprint density at radius 3 is 2.71 bits per heavy atom. The van der Waals surface area contributed by atoms with E-state index in [9.17, 15) is 14.3 Å². The average Bonchev–Trinajstić information content (AvgIpc) is 2.84. The van der Waals surface area contributed by atoms with Gasteiger partial charge < -0.3 is 10.4 Å². The Hall–Kier alpha value is -1.46. The van der Waals surface area contributed by atoms with Crippen molar-refractivity contribution >= 4 is 27.4 Å². The van der Waals surface area contributed by atoms with Gasteiger partial charge in [0, 0.05) is 22.2 Å². The molecule has 0 fully saturated rings. The summed E-state index contributed by atoms with van der Waals surface area (Å²) in [5.41, 5.74) is 0.562. The van der Waals surface area contributed by atoms with Gasteiger partial charge in [0.05, 0.1) is 0 Å². The molecule has 0 saturated heterocycles. The minimum atomic E-state index is -0.991. The van der Waals surface area contributed by atoms with Crippen LogP contribution in [0.1, 0.15) is 41.9 Å². The fourth-order valence-corrected chi connectivity index (χ4v) is 3.56. The minimum Gasteiger partial charge on any atom is -0.477 e. The molecule has 114 valence electrons. The molecule has 0 unspecified atom stereocenters. The van der Waals surface area contributed by atoms with Crippen LogP contribution in [0.2, 0.25) is 0 Å². The van der Waals surface area contributed by atoms with Crippen LogP contribution in [0.5, 0.6) is 0 Å². The monoisotopic (exact) mass is 309 g/mol. The van der Waals surface area contributed by atoms with E-state index in [1.165, 1.54) is 6.07 Å². The Morgan fingerprint density at radius 1 is 1.38 bits per heavy atom. The zero-order chi connectivity index (χ0) is 15.4. The van der Waals surface area contributed by atoms with Gasteiger partial charge in [0.2, 0.25) is 0 Å². The highest BCUT2D eigenvalue weighted by molar-refractivity contribution is 7.21. The number of rotatable bonds is 7. The number of nitrogens with one attached hydrogen (secondary N) is 1. The van der Waals surface area contributed by atoms with E-state index in [4.69, 9.17) is 0 Å². The lowest BCUT2D eigenvalue weighted by atomic mass is 10.0. The normalized spacial score (nSPS) is 11.4. The van der Waals surface area contributed by atoms with Gasteiger partial charge in [-0.3, -0.25) is 0 Å². The van der Waals surface area contributed by atoms with Gasteiger partial charge in [-0.05, 0) is 24.6 Å². The Balaban J connectivity index is 2.28. The average molecular weight is 309 g/mol. The predicted molar refractivity (Wildman–Crippen MR) is 84.5 cm³/mol. The van der Waals surface area contributed by atoms with E-state index in [2.05, 4.69) is 19.2 Å². The molecule has 0 aliphatic carbocycles. The standard InChI is InChI=1S/C16H20FNO2S/c1-3-10(4-2)8-18-9-11-14-12(17)6-5-7-13(14)21-15(11)16(19)20/h5-7,10,18H,3-4,8-9H2,1-2H3,(H,19,20). The predicted octanol–water partition coefficient (Wildman–Crippen LogP) is 4.26. The molecule has 0 amide bonds. The van der Waals surface area contributed by atoms with Crippen molar-refractivity contribution in [3.8, 4) is 0 Å². The van der Waals surface area contributed by atoms with Gasteiger partial charge in [-0.2, -0.15) is 0 Å². The van der Waals surface area contributed by atoms with E-state index in [1.807, 2.05) is 0 Å². The zero-order valence-corrected chi connectivity index (χ0v) is 13.1. The van der Waals surface area contributed by atoms with Crippen LogP contribution >= 0.6 is 11.3 Å². The molecule has 21 heavy (non-hydrogen) atoms. The van der Waals surface area contributed by atoms with Crippen LogP contribution in [0.15, 0.2) is 18.2 Å². The first kappa shape index (κ1) is 15.9. The number of benzene rings is 1. The van der Waals surface area contributed by atoms with E-state index in [0.29, 0.717) is 28.1 Å². The number of aromatic carboxylic acids is 1. The van der Waals surface area contributed by atoms with Crippen molar-refractivity contribution in [1.82, 2.24) is 5.32 Å². The van der Waals surface area contributed by atoms with Crippen molar-refractivity contribution in [2.24, 2.45) is 5.92 Å². The van der Waals surface area contributed by atoms with Crippen molar-refractivity contribution < 1.29 is 14.3 Å². The highest BCUT2D eigenvalue weighted by Crippen LogP contribution is 2.33. The number of hydrogen-bond acceptors (Lipinski definition) is 3. The fourth-order valence-electron chi connectivity index (χ4n) is 2.49. The summed E-state index contributed by atoms with van der Waals surface area (Å²) in [6.45, 7) is 5.48. The lowest BCUT2D eigenvalue weighted by molar-refractivity contribution is 0.0701. The molecular formula is C16H20FNO2S.